The minimum Gasteiger partial charge on any atom is -0.483 e. The first-order valence-corrected chi connectivity index (χ1v) is 20.2. The van der Waals surface area contributed by atoms with Crippen LogP contribution in [0.2, 0.25) is 0 Å². The molecule has 0 aromatic heterocycles. The number of para-hydroxylation sites is 1. The number of ether oxygens (including phenoxy) is 2. The third kappa shape index (κ3) is 11.1. The Kier molecular flexibility index (Phi) is 15.6. The molecule has 4 rings (SSSR count). The number of carbonyl (C=O) groups is 4. The highest BCUT2D eigenvalue weighted by atomic mass is 32.2. The molecular formula is C39H50N4O7S2. The van der Waals surface area contributed by atoms with Crippen molar-refractivity contribution >= 4 is 57.6 Å². The van der Waals surface area contributed by atoms with E-state index >= 15 is 0 Å². The Morgan fingerprint density at radius 1 is 0.904 bits per heavy atom. The van der Waals surface area contributed by atoms with Crippen LogP contribution in [0.3, 0.4) is 0 Å². The zero-order valence-electron chi connectivity index (χ0n) is 30.4. The molecule has 3 amide bonds. The lowest BCUT2D eigenvalue weighted by Crippen LogP contribution is -2.45. The number of nitrogens with zero attached hydrogens (tertiary/aromatic N) is 1. The quantitative estimate of drug-likeness (QED) is 0.111. The number of benzene rings is 3. The van der Waals surface area contributed by atoms with E-state index in [-0.39, 0.29) is 12.0 Å². The van der Waals surface area contributed by atoms with Gasteiger partial charge in [-0.2, -0.15) is 0 Å². The SMILES string of the molecule is CCCCC1(CCCC)CN(c2ccccc2)c2cc(SC)c(OCC(=O)N[C@@H](C(=O)NCC(=O)NCC(=O)OC)c3ccccc3)cc2S(=O)C1. The molecule has 3 aromatic rings. The van der Waals surface area contributed by atoms with Gasteiger partial charge < -0.3 is 30.3 Å². The molecule has 280 valence electrons. The molecule has 52 heavy (non-hydrogen) atoms. The van der Waals surface area contributed by atoms with E-state index in [1.54, 1.807) is 30.3 Å². The van der Waals surface area contributed by atoms with Crippen LogP contribution in [0.15, 0.2) is 82.6 Å². The molecule has 11 nitrogen and oxygen atoms in total. The summed E-state index contributed by atoms with van der Waals surface area (Å²) in [5.41, 5.74) is 2.27. The number of hydrogen-bond donors (Lipinski definition) is 3. The van der Waals surface area contributed by atoms with Gasteiger partial charge in [0, 0.05) is 23.4 Å². The average molecular weight is 751 g/mol. The van der Waals surface area contributed by atoms with E-state index in [0.717, 1.165) is 61.3 Å². The van der Waals surface area contributed by atoms with Crippen LogP contribution in [0.4, 0.5) is 11.4 Å². The maximum atomic E-state index is 14.3. The summed E-state index contributed by atoms with van der Waals surface area (Å²) in [5, 5.41) is 7.60. The van der Waals surface area contributed by atoms with Crippen molar-refractivity contribution in [3.05, 3.63) is 78.4 Å². The number of amides is 3. The van der Waals surface area contributed by atoms with Gasteiger partial charge in [0.25, 0.3) is 5.91 Å². The smallest absolute Gasteiger partial charge is 0.325 e. The van der Waals surface area contributed by atoms with Crippen LogP contribution in [0.1, 0.15) is 64.0 Å². The highest BCUT2D eigenvalue weighted by Crippen LogP contribution is 2.46. The maximum Gasteiger partial charge on any atom is 0.325 e. The number of fused-ring (bicyclic) bond motifs is 1. The van der Waals surface area contributed by atoms with Crippen LogP contribution >= 0.6 is 11.8 Å². The summed E-state index contributed by atoms with van der Waals surface area (Å²) in [6, 6.07) is 21.5. The minimum absolute atomic E-state index is 0.138. The number of esters is 1. The molecule has 0 spiro atoms. The molecule has 0 bridgehead atoms. The van der Waals surface area contributed by atoms with E-state index in [1.165, 1.54) is 18.9 Å². The summed E-state index contributed by atoms with van der Waals surface area (Å²) in [6.07, 6.45) is 8.15. The zero-order chi connectivity index (χ0) is 37.5. The average Bonchev–Trinajstić information content (AvgIpc) is 3.29. The third-order valence-electron chi connectivity index (χ3n) is 9.04. The van der Waals surface area contributed by atoms with Gasteiger partial charge in [-0.3, -0.25) is 23.4 Å². The third-order valence-corrected chi connectivity index (χ3v) is 11.5. The highest BCUT2D eigenvalue weighted by Gasteiger charge is 2.39. The molecule has 13 heteroatoms. The summed E-state index contributed by atoms with van der Waals surface area (Å²) in [5.74, 6) is -1.43. The molecule has 1 aliphatic heterocycles. The number of nitrogens with one attached hydrogen (secondary N) is 3. The molecular weight excluding hydrogens is 701 g/mol. The van der Waals surface area contributed by atoms with E-state index in [0.29, 0.717) is 22.0 Å². The lowest BCUT2D eigenvalue weighted by molar-refractivity contribution is -0.141. The predicted octanol–water partition coefficient (Wildman–Crippen LogP) is 5.68. The van der Waals surface area contributed by atoms with Crippen LogP contribution in [0.25, 0.3) is 0 Å². The number of anilines is 2. The molecule has 0 fully saturated rings. The van der Waals surface area contributed by atoms with Gasteiger partial charge in [0.05, 0.1) is 39.9 Å². The number of unbranched alkanes of at least 4 members (excludes halogenated alkanes) is 2. The van der Waals surface area contributed by atoms with Gasteiger partial charge in [0.15, 0.2) is 6.61 Å². The number of hydrogen-bond acceptors (Lipinski definition) is 9. The van der Waals surface area contributed by atoms with Crippen molar-refractivity contribution in [1.29, 1.82) is 0 Å². The summed E-state index contributed by atoms with van der Waals surface area (Å²) in [7, 11) is -0.129. The van der Waals surface area contributed by atoms with Crippen molar-refractivity contribution in [3.8, 4) is 5.75 Å². The molecule has 0 radical (unpaired) electrons. The summed E-state index contributed by atoms with van der Waals surface area (Å²) in [6.45, 7) is 3.98. The molecule has 3 N–H and O–H groups in total. The maximum absolute atomic E-state index is 14.3. The first-order valence-electron chi connectivity index (χ1n) is 17.6. The summed E-state index contributed by atoms with van der Waals surface area (Å²) >= 11 is 1.47. The Hall–Kier alpha value is -4.36. The van der Waals surface area contributed by atoms with Crippen LogP contribution in [0.5, 0.6) is 5.75 Å². The van der Waals surface area contributed by atoms with Gasteiger partial charge in [-0.25, -0.2) is 0 Å². The van der Waals surface area contributed by atoms with Crippen LogP contribution in [-0.2, 0) is 34.7 Å². The van der Waals surface area contributed by atoms with Gasteiger partial charge in [-0.15, -0.1) is 11.8 Å². The van der Waals surface area contributed by atoms with Crippen molar-refractivity contribution in [3.63, 3.8) is 0 Å². The fourth-order valence-electron chi connectivity index (χ4n) is 6.25. The fraction of sp³-hybridized carbons (Fsp3) is 0.436. The van der Waals surface area contributed by atoms with Crippen molar-refractivity contribution in [2.75, 3.05) is 50.3 Å². The van der Waals surface area contributed by atoms with E-state index in [1.807, 2.05) is 36.6 Å². The topological polar surface area (TPSA) is 143 Å². The molecule has 1 unspecified atom stereocenters. The van der Waals surface area contributed by atoms with Gasteiger partial charge in [-0.1, -0.05) is 88.1 Å². The van der Waals surface area contributed by atoms with Crippen molar-refractivity contribution in [2.45, 2.75) is 68.2 Å². The van der Waals surface area contributed by atoms with Gasteiger partial charge in [0.2, 0.25) is 11.8 Å². The number of rotatable bonds is 18. The minimum atomic E-state index is -1.33. The van der Waals surface area contributed by atoms with E-state index in [2.05, 4.69) is 51.6 Å². The summed E-state index contributed by atoms with van der Waals surface area (Å²) in [4.78, 5) is 53.9. The Morgan fingerprint density at radius 3 is 2.17 bits per heavy atom. The Balaban J connectivity index is 1.57. The summed E-state index contributed by atoms with van der Waals surface area (Å²) < 4.78 is 25.0. The van der Waals surface area contributed by atoms with E-state index in [4.69, 9.17) is 4.74 Å². The lowest BCUT2D eigenvalue weighted by atomic mass is 9.79. The molecule has 2 atom stereocenters. The van der Waals surface area contributed by atoms with Gasteiger partial charge in [-0.05, 0) is 48.9 Å². The normalized spacial score (nSPS) is 15.4. The second kappa shape index (κ2) is 20.0. The first kappa shape index (κ1) is 40.4. The molecule has 1 aliphatic rings. The van der Waals surface area contributed by atoms with Crippen molar-refractivity contribution in [1.82, 2.24) is 16.0 Å². The number of carbonyl (C=O) groups excluding carboxylic acids is 4. The van der Waals surface area contributed by atoms with Crippen molar-refractivity contribution in [2.24, 2.45) is 5.41 Å². The molecule has 0 saturated heterocycles. The number of thioether (sulfide) groups is 1. The standard InChI is InChI=1S/C39H50N4O7S2/c1-5-7-19-39(20-8-6-2)26-43(29-17-13-10-14-18-29)30-21-32(51-4)31(22-33(30)52(48)27-39)50-25-35(45)42-37(28-15-11-9-12-16-28)38(47)41-23-34(44)40-24-36(46)49-3/h9-18,21-22,37H,5-8,19-20,23-27H2,1-4H3,(H,40,44)(H,41,47)(H,42,45)/t37-,52?/m1/s1. The van der Waals surface area contributed by atoms with Gasteiger partial charge in [0.1, 0.15) is 18.3 Å². The second-order valence-electron chi connectivity index (χ2n) is 12.9. The Bertz CT molecular complexity index is 1680. The second-order valence-corrected chi connectivity index (χ2v) is 15.1. The van der Waals surface area contributed by atoms with Gasteiger partial charge >= 0.3 is 5.97 Å². The predicted molar refractivity (Wildman–Crippen MR) is 205 cm³/mol. The van der Waals surface area contributed by atoms with Crippen molar-refractivity contribution < 1.29 is 32.9 Å². The largest absolute Gasteiger partial charge is 0.483 e. The van der Waals surface area contributed by atoms with Crippen LogP contribution in [0, 0.1) is 5.41 Å². The monoisotopic (exact) mass is 750 g/mol. The van der Waals surface area contributed by atoms with Crippen LogP contribution in [-0.4, -0.2) is 73.3 Å². The molecule has 0 saturated carbocycles. The first-order chi connectivity index (χ1) is 25.1. The number of methoxy groups -OCH3 is 1. The molecule has 1 heterocycles. The van der Waals surface area contributed by atoms with Crippen LogP contribution < -0.4 is 25.6 Å². The Morgan fingerprint density at radius 2 is 1.56 bits per heavy atom. The molecule has 3 aromatic carbocycles. The lowest BCUT2D eigenvalue weighted by Gasteiger charge is -2.37. The molecule has 0 aliphatic carbocycles. The highest BCUT2D eigenvalue weighted by molar-refractivity contribution is 7.98. The van der Waals surface area contributed by atoms with E-state index in [9.17, 15) is 23.4 Å². The Labute approximate surface area is 313 Å². The fourth-order valence-corrected chi connectivity index (χ4v) is 8.54. The zero-order valence-corrected chi connectivity index (χ0v) is 32.0. The van der Waals surface area contributed by atoms with E-state index < -0.39 is 53.7 Å².